The first kappa shape index (κ1) is 83.5. The molecule has 2 saturated heterocycles. The van der Waals surface area contributed by atoms with Crippen molar-refractivity contribution in [2.45, 2.75) is 180 Å². The molecule has 27 heteroatoms. The van der Waals surface area contributed by atoms with E-state index in [4.69, 9.17) is 9.47 Å². The van der Waals surface area contributed by atoms with Crippen LogP contribution in [0.3, 0.4) is 0 Å². The van der Waals surface area contributed by atoms with Crippen LogP contribution in [0.2, 0.25) is 0 Å². The van der Waals surface area contributed by atoms with Crippen molar-refractivity contribution in [3.8, 4) is 11.5 Å². The van der Waals surface area contributed by atoms with Crippen molar-refractivity contribution in [2.75, 3.05) is 96.3 Å². The number of piperidine rings is 1. The minimum absolute atomic E-state index is 0.0269. The van der Waals surface area contributed by atoms with Crippen LogP contribution in [0, 0.1) is 23.6 Å². The number of benzene rings is 3. The predicted octanol–water partition coefficient (Wildman–Crippen LogP) is 4.24. The van der Waals surface area contributed by atoms with Crippen LogP contribution in [0.1, 0.15) is 129 Å². The summed E-state index contributed by atoms with van der Waals surface area (Å²) < 4.78 is 26.4. The first-order chi connectivity index (χ1) is 48.2. The van der Waals surface area contributed by atoms with Gasteiger partial charge in [0.25, 0.3) is 0 Å². The zero-order valence-corrected chi connectivity index (χ0v) is 62.7. The van der Waals surface area contributed by atoms with E-state index in [-0.39, 0.29) is 49.5 Å². The molecule has 3 aromatic rings. The van der Waals surface area contributed by atoms with Gasteiger partial charge < -0.3 is 69.9 Å². The molecular formula is C75H111FN12O14. The second-order valence-corrected chi connectivity index (χ2v) is 28.1. The number of carbonyl (C=O) groups is 12. The lowest BCUT2D eigenvalue weighted by atomic mass is 9.95. The first-order valence-electron chi connectivity index (χ1n) is 35.5. The molecule has 0 bridgehead atoms. The van der Waals surface area contributed by atoms with Crippen LogP contribution >= 0.6 is 0 Å². The van der Waals surface area contributed by atoms with Crippen LogP contribution in [0.15, 0.2) is 72.8 Å². The molecule has 0 radical (unpaired) electrons. The Balaban J connectivity index is 1.68. The van der Waals surface area contributed by atoms with Crippen molar-refractivity contribution in [3.05, 3.63) is 95.3 Å². The summed E-state index contributed by atoms with van der Waals surface area (Å²) in [4.78, 5) is 188. The molecular weight excluding hydrogens is 1310 g/mol. The zero-order valence-electron chi connectivity index (χ0n) is 62.7. The molecule has 12 amide bonds. The van der Waals surface area contributed by atoms with Crippen molar-refractivity contribution >= 4 is 70.9 Å². The molecule has 5 rings (SSSR count). The number of unbranched alkanes of at least 4 members (excludes halogenated alkanes) is 1. The zero-order chi connectivity index (χ0) is 75.8. The van der Waals surface area contributed by atoms with Gasteiger partial charge in [0, 0.05) is 81.7 Å². The van der Waals surface area contributed by atoms with Crippen LogP contribution in [0.25, 0.3) is 0 Å². The number of carbonyl (C=O) groups excluding carboxylic acids is 12. The molecule has 102 heavy (non-hydrogen) atoms. The molecule has 2 aliphatic heterocycles. The molecule has 26 nitrogen and oxygen atoms in total. The average molecular weight is 1420 g/mol. The van der Waals surface area contributed by atoms with E-state index in [1.54, 1.807) is 66.4 Å². The monoisotopic (exact) mass is 1420 g/mol. The lowest BCUT2D eigenvalue weighted by Crippen LogP contribution is -2.61. The number of hydrogen-bond donors (Lipinski definition) is 4. The fraction of sp³-hybridized carbons (Fsp3) is 0.600. The maximum Gasteiger partial charge on any atom is 0.245 e. The number of rotatable bonds is 18. The number of likely N-dealkylation sites (tertiary alicyclic amines) is 1. The van der Waals surface area contributed by atoms with Gasteiger partial charge in [0.1, 0.15) is 65.7 Å². The number of nitrogens with zero attached hydrogens (tertiary/aromatic N) is 8. The maximum atomic E-state index is 15.7. The summed E-state index contributed by atoms with van der Waals surface area (Å²) in [5.41, 5.74) is 1.18. The van der Waals surface area contributed by atoms with E-state index in [0.717, 1.165) is 30.9 Å². The van der Waals surface area contributed by atoms with Gasteiger partial charge in [0.2, 0.25) is 70.9 Å². The van der Waals surface area contributed by atoms with E-state index in [1.165, 1.54) is 91.6 Å². The van der Waals surface area contributed by atoms with E-state index >= 15 is 23.6 Å². The first-order valence-corrected chi connectivity index (χ1v) is 35.5. The Hall–Kier alpha value is -9.17. The second kappa shape index (κ2) is 39.9. The Labute approximate surface area is 601 Å². The number of hydrogen-bond acceptors (Lipinski definition) is 14. The maximum absolute atomic E-state index is 15.7. The molecule has 562 valence electrons. The summed E-state index contributed by atoms with van der Waals surface area (Å²) >= 11 is 0. The molecule has 0 spiro atoms. The lowest BCUT2D eigenvalue weighted by Gasteiger charge is -2.38. The third-order valence-corrected chi connectivity index (χ3v) is 19.3. The molecule has 3 aromatic carbocycles. The summed E-state index contributed by atoms with van der Waals surface area (Å²) in [6.07, 6.45) is 2.45. The standard InChI is InChI=1S/C75H111FN12O14/c1-17-19-27-56-71(96)86(13)60(40-50-28-32-53(101-15)33-29-50)69(94)79-58(38-47(3)4)72(97)87(14)62(74(99)88-36-23-20-24-37-88)43-64(90)84(11)59(39-48(5)6)70(95)80-67(49(7)18-2)75(100)83(10)45-65(91)81(8)46-66(92)85(12)61(41-51-30-34-54(102-16)35-31-51)73(98)82(9)44-63(89)77-57(68(93)78-56)42-52-25-21-22-26-55(52)76/h21-22,25-26,28-35,47-49,56-62,67H,17-20,23-24,27,36-46H2,1-16H3,(H,77,89)(H,78,93)(H,79,94)(H,80,95)/t49-,56-,57-,58-,59-,60-,61-,62-,67-/m0/s1. The van der Waals surface area contributed by atoms with Gasteiger partial charge in [0.15, 0.2) is 0 Å². The highest BCUT2D eigenvalue weighted by molar-refractivity contribution is 5.99. The summed E-state index contributed by atoms with van der Waals surface area (Å²) in [5.74, 6) is -9.34. The highest BCUT2D eigenvalue weighted by atomic mass is 19.1. The predicted molar refractivity (Wildman–Crippen MR) is 383 cm³/mol. The van der Waals surface area contributed by atoms with Gasteiger partial charge in [-0.3, -0.25) is 57.5 Å². The minimum atomic E-state index is -1.58. The second-order valence-electron chi connectivity index (χ2n) is 28.1. The van der Waals surface area contributed by atoms with E-state index in [9.17, 15) is 38.4 Å². The summed E-state index contributed by atoms with van der Waals surface area (Å²) in [6.45, 7) is 11.7. The molecule has 0 saturated carbocycles. The van der Waals surface area contributed by atoms with Crippen molar-refractivity contribution in [3.63, 3.8) is 0 Å². The molecule has 0 aliphatic carbocycles. The van der Waals surface area contributed by atoms with Crippen molar-refractivity contribution < 1.29 is 71.4 Å². The third-order valence-electron chi connectivity index (χ3n) is 19.3. The number of amides is 12. The summed E-state index contributed by atoms with van der Waals surface area (Å²) in [6, 6.07) is 8.24. The third kappa shape index (κ3) is 23.7. The topological polar surface area (TPSA) is 297 Å². The van der Waals surface area contributed by atoms with Gasteiger partial charge in [-0.25, -0.2) is 4.39 Å². The van der Waals surface area contributed by atoms with Gasteiger partial charge in [0.05, 0.1) is 40.3 Å². The van der Waals surface area contributed by atoms with E-state index in [0.29, 0.717) is 67.8 Å². The van der Waals surface area contributed by atoms with Crippen molar-refractivity contribution in [1.82, 2.24) is 60.5 Å². The lowest BCUT2D eigenvalue weighted by molar-refractivity contribution is -0.151. The number of halogens is 1. The van der Waals surface area contributed by atoms with Gasteiger partial charge in [-0.2, -0.15) is 0 Å². The van der Waals surface area contributed by atoms with Gasteiger partial charge >= 0.3 is 0 Å². The quantitative estimate of drug-likeness (QED) is 0.139. The number of methoxy groups -OCH3 is 2. The molecule has 2 heterocycles. The van der Waals surface area contributed by atoms with Gasteiger partial charge in [-0.1, -0.05) is 110 Å². The number of nitrogens with one attached hydrogen (secondary N) is 4. The van der Waals surface area contributed by atoms with E-state index in [1.807, 2.05) is 41.5 Å². The van der Waals surface area contributed by atoms with Crippen LogP contribution in [0.5, 0.6) is 11.5 Å². The van der Waals surface area contributed by atoms with Crippen molar-refractivity contribution in [1.29, 1.82) is 0 Å². The fourth-order valence-corrected chi connectivity index (χ4v) is 12.6. The molecule has 2 fully saturated rings. The van der Waals surface area contributed by atoms with E-state index in [2.05, 4.69) is 21.3 Å². The SMILES string of the molecule is CCCC[C@@H]1NC(=O)[C@H](Cc2ccccc2F)NC(=O)CN(C)C(=O)[C@H](Cc2ccc(OC)cc2)N(C)C(=O)CN(C)C(=O)CN(C)C(=O)[C@H]([C@@H](C)CC)NC(=O)[C@H](CC(C)C)N(C)C(=O)C[C@@H](C(=O)N2CCCCC2)N(C)C(=O)[C@H](CC(C)C)NC(=O)[C@H](Cc2ccc(OC)cc2)N(C)C1=O. The highest BCUT2D eigenvalue weighted by Crippen LogP contribution is 2.24. The molecule has 2 aliphatic rings. The molecule has 0 unspecified atom stereocenters. The summed E-state index contributed by atoms with van der Waals surface area (Å²) in [7, 11) is 12.6. The van der Waals surface area contributed by atoms with Crippen LogP contribution < -0.4 is 30.7 Å². The van der Waals surface area contributed by atoms with Crippen LogP contribution in [0.4, 0.5) is 4.39 Å². The van der Waals surface area contributed by atoms with Gasteiger partial charge in [-0.05, 0) is 103 Å². The number of ether oxygens (including phenoxy) is 2. The Morgan fingerprint density at radius 3 is 1.58 bits per heavy atom. The molecule has 0 aromatic heterocycles. The Kier molecular flexibility index (Phi) is 32.6. The van der Waals surface area contributed by atoms with E-state index < -0.39 is 163 Å². The highest BCUT2D eigenvalue weighted by Gasteiger charge is 2.43. The smallest absolute Gasteiger partial charge is 0.245 e. The van der Waals surface area contributed by atoms with Crippen LogP contribution in [-0.2, 0) is 76.8 Å². The Morgan fingerprint density at radius 1 is 0.510 bits per heavy atom. The minimum Gasteiger partial charge on any atom is -0.497 e. The molecule has 9 atom stereocenters. The number of likely N-dealkylation sites (N-methyl/N-ethyl adjacent to an activating group) is 7. The largest absolute Gasteiger partial charge is 0.497 e. The Bertz CT molecular complexity index is 3370. The molecule has 4 N–H and O–H groups in total. The average Bonchev–Trinajstić information content (AvgIpc) is 0.822. The summed E-state index contributed by atoms with van der Waals surface area (Å²) in [5, 5.41) is 11.3. The normalized spacial score (nSPS) is 23.1. The Morgan fingerprint density at radius 2 is 1.03 bits per heavy atom. The fourth-order valence-electron chi connectivity index (χ4n) is 12.6. The van der Waals surface area contributed by atoms with Crippen LogP contribution in [-0.4, -0.2) is 255 Å². The van der Waals surface area contributed by atoms with Gasteiger partial charge in [-0.15, -0.1) is 0 Å². The van der Waals surface area contributed by atoms with Crippen molar-refractivity contribution in [2.24, 2.45) is 17.8 Å².